The first kappa shape index (κ1) is 13.1. The summed E-state index contributed by atoms with van der Waals surface area (Å²) in [5.74, 6) is 0.471. The van der Waals surface area contributed by atoms with Crippen LogP contribution in [-0.2, 0) is 9.84 Å². The Kier molecular flexibility index (Phi) is 3.69. The van der Waals surface area contributed by atoms with E-state index in [9.17, 15) is 8.42 Å². The van der Waals surface area contributed by atoms with Crippen LogP contribution in [0.5, 0.6) is 0 Å². The van der Waals surface area contributed by atoms with Gasteiger partial charge in [0.25, 0.3) is 0 Å². The van der Waals surface area contributed by atoms with E-state index in [1.807, 2.05) is 13.8 Å². The lowest BCUT2D eigenvalue weighted by Gasteiger charge is -2.09. The first-order valence-corrected chi connectivity index (χ1v) is 6.97. The van der Waals surface area contributed by atoms with Crippen LogP contribution in [0.4, 0.5) is 0 Å². The molecule has 16 heavy (non-hydrogen) atoms. The Balaban J connectivity index is 2.96. The van der Waals surface area contributed by atoms with Crippen LogP contribution in [0.25, 0.3) is 0 Å². The fraction of sp³-hybridized carbons (Fsp3) is 0.778. The first-order valence-electron chi connectivity index (χ1n) is 5.01. The highest BCUT2D eigenvalue weighted by molar-refractivity contribution is 7.90. The van der Waals surface area contributed by atoms with Gasteiger partial charge in [0.05, 0.1) is 5.92 Å². The molecule has 0 saturated heterocycles. The van der Waals surface area contributed by atoms with Crippen molar-refractivity contribution in [2.24, 2.45) is 5.73 Å². The Morgan fingerprint density at radius 1 is 1.31 bits per heavy atom. The summed E-state index contributed by atoms with van der Waals surface area (Å²) in [5, 5.41) is 2.91. The number of aromatic nitrogens is 2. The fourth-order valence-corrected chi connectivity index (χ4v) is 1.49. The molecule has 0 aliphatic heterocycles. The van der Waals surface area contributed by atoms with Crippen molar-refractivity contribution >= 4 is 9.84 Å². The van der Waals surface area contributed by atoms with Gasteiger partial charge in [-0.15, -0.1) is 0 Å². The van der Waals surface area contributed by atoms with Crippen molar-refractivity contribution in [3.8, 4) is 0 Å². The predicted molar refractivity (Wildman–Crippen MR) is 59.6 cm³/mol. The standard InChI is InChI=1S/C9H17N3O3S/c1-5(6(2)10)9-11-8(12-15-9)7(3)16(4,13)14/h5-7H,10H2,1-4H3. The van der Waals surface area contributed by atoms with Gasteiger partial charge in [-0.3, -0.25) is 0 Å². The van der Waals surface area contributed by atoms with Crippen LogP contribution in [0.15, 0.2) is 4.52 Å². The molecule has 0 fully saturated rings. The Labute approximate surface area is 95.1 Å². The van der Waals surface area contributed by atoms with E-state index in [0.717, 1.165) is 6.26 Å². The summed E-state index contributed by atoms with van der Waals surface area (Å²) < 4.78 is 27.6. The van der Waals surface area contributed by atoms with Crippen molar-refractivity contribution in [2.45, 2.75) is 38.0 Å². The van der Waals surface area contributed by atoms with Gasteiger partial charge < -0.3 is 10.3 Å². The predicted octanol–water partition coefficient (Wildman–Crippen LogP) is 0.626. The second-order valence-electron chi connectivity index (χ2n) is 4.11. The molecule has 1 rings (SSSR count). The largest absolute Gasteiger partial charge is 0.339 e. The molecule has 0 aliphatic carbocycles. The van der Waals surface area contributed by atoms with Crippen LogP contribution in [-0.4, -0.2) is 30.9 Å². The maximum absolute atomic E-state index is 11.3. The maximum Gasteiger partial charge on any atom is 0.231 e. The van der Waals surface area contributed by atoms with E-state index >= 15 is 0 Å². The van der Waals surface area contributed by atoms with Crippen LogP contribution in [0.2, 0.25) is 0 Å². The summed E-state index contributed by atoms with van der Waals surface area (Å²) in [6.45, 7) is 5.21. The van der Waals surface area contributed by atoms with E-state index in [4.69, 9.17) is 10.3 Å². The number of nitrogens with two attached hydrogens (primary N) is 1. The molecular weight excluding hydrogens is 230 g/mol. The Bertz CT molecular complexity index is 452. The van der Waals surface area contributed by atoms with E-state index in [1.54, 1.807) is 0 Å². The van der Waals surface area contributed by atoms with Crippen molar-refractivity contribution < 1.29 is 12.9 Å². The monoisotopic (exact) mass is 247 g/mol. The molecule has 0 spiro atoms. The molecule has 7 heteroatoms. The van der Waals surface area contributed by atoms with Crippen molar-refractivity contribution in [2.75, 3.05) is 6.26 Å². The lowest BCUT2D eigenvalue weighted by atomic mass is 10.1. The minimum atomic E-state index is -3.20. The molecule has 0 radical (unpaired) electrons. The van der Waals surface area contributed by atoms with Gasteiger partial charge in [0.1, 0.15) is 5.25 Å². The molecule has 0 aliphatic rings. The zero-order valence-corrected chi connectivity index (χ0v) is 10.7. The highest BCUT2D eigenvalue weighted by atomic mass is 32.2. The van der Waals surface area contributed by atoms with E-state index in [2.05, 4.69) is 10.1 Å². The molecule has 0 saturated carbocycles. The zero-order chi connectivity index (χ0) is 12.5. The summed E-state index contributed by atoms with van der Waals surface area (Å²) in [6.07, 6.45) is 1.14. The highest BCUT2D eigenvalue weighted by Gasteiger charge is 2.25. The molecular formula is C9H17N3O3S. The molecule has 2 N–H and O–H groups in total. The van der Waals surface area contributed by atoms with Crippen LogP contribution < -0.4 is 5.73 Å². The average molecular weight is 247 g/mol. The second kappa shape index (κ2) is 4.50. The lowest BCUT2D eigenvalue weighted by Crippen LogP contribution is -2.22. The van der Waals surface area contributed by atoms with Crippen molar-refractivity contribution in [1.82, 2.24) is 10.1 Å². The number of rotatable bonds is 4. The summed E-state index contributed by atoms with van der Waals surface area (Å²) in [5.41, 5.74) is 5.69. The molecule has 92 valence electrons. The maximum atomic E-state index is 11.3. The second-order valence-corrected chi connectivity index (χ2v) is 6.48. The Morgan fingerprint density at radius 3 is 2.31 bits per heavy atom. The van der Waals surface area contributed by atoms with Crippen molar-refractivity contribution in [3.05, 3.63) is 11.7 Å². The van der Waals surface area contributed by atoms with Gasteiger partial charge in [0.2, 0.25) is 5.89 Å². The molecule has 1 aromatic rings. The minimum absolute atomic E-state index is 0.0898. The van der Waals surface area contributed by atoms with Crippen LogP contribution in [0.3, 0.4) is 0 Å². The van der Waals surface area contributed by atoms with E-state index in [-0.39, 0.29) is 17.8 Å². The molecule has 3 unspecified atom stereocenters. The summed E-state index contributed by atoms with van der Waals surface area (Å²) >= 11 is 0. The van der Waals surface area contributed by atoms with Gasteiger partial charge in [-0.25, -0.2) is 8.42 Å². The fourth-order valence-electron chi connectivity index (χ4n) is 1.01. The van der Waals surface area contributed by atoms with Gasteiger partial charge >= 0.3 is 0 Å². The lowest BCUT2D eigenvalue weighted by molar-refractivity contribution is 0.343. The SMILES string of the molecule is CC(N)C(C)c1nc(C(C)S(C)(=O)=O)no1. The Hall–Kier alpha value is -0.950. The van der Waals surface area contributed by atoms with Crippen LogP contribution in [0, 0.1) is 0 Å². The molecule has 1 aromatic heterocycles. The summed E-state index contributed by atoms with van der Waals surface area (Å²) in [6, 6.07) is -0.123. The Morgan fingerprint density at radius 2 is 1.88 bits per heavy atom. The number of nitrogens with zero attached hydrogens (tertiary/aromatic N) is 2. The van der Waals surface area contributed by atoms with Crippen molar-refractivity contribution in [3.63, 3.8) is 0 Å². The van der Waals surface area contributed by atoms with Gasteiger partial charge in [-0.05, 0) is 13.8 Å². The van der Waals surface area contributed by atoms with Crippen molar-refractivity contribution in [1.29, 1.82) is 0 Å². The van der Waals surface area contributed by atoms with Crippen LogP contribution in [0.1, 0.15) is 43.7 Å². The molecule has 6 nitrogen and oxygen atoms in total. The molecule has 3 atom stereocenters. The number of hydrogen-bond acceptors (Lipinski definition) is 6. The smallest absolute Gasteiger partial charge is 0.231 e. The van der Waals surface area contributed by atoms with Gasteiger partial charge in [-0.1, -0.05) is 12.1 Å². The number of hydrogen-bond donors (Lipinski definition) is 1. The van der Waals surface area contributed by atoms with Crippen LogP contribution >= 0.6 is 0 Å². The van der Waals surface area contributed by atoms with E-state index < -0.39 is 15.1 Å². The molecule has 1 heterocycles. The third-order valence-corrected chi connectivity index (χ3v) is 4.14. The third-order valence-electron chi connectivity index (χ3n) is 2.64. The average Bonchev–Trinajstić information content (AvgIpc) is 2.62. The van der Waals surface area contributed by atoms with Gasteiger partial charge in [0, 0.05) is 12.3 Å². The first-order chi connectivity index (χ1) is 7.23. The minimum Gasteiger partial charge on any atom is -0.339 e. The highest BCUT2D eigenvalue weighted by Crippen LogP contribution is 2.21. The molecule has 0 amide bonds. The van der Waals surface area contributed by atoms with Gasteiger partial charge in [-0.2, -0.15) is 4.98 Å². The van der Waals surface area contributed by atoms with E-state index in [0.29, 0.717) is 5.89 Å². The molecule has 0 bridgehead atoms. The van der Waals surface area contributed by atoms with Gasteiger partial charge in [0.15, 0.2) is 15.7 Å². The molecule has 0 aromatic carbocycles. The quantitative estimate of drug-likeness (QED) is 0.837. The number of sulfone groups is 1. The summed E-state index contributed by atoms with van der Waals surface area (Å²) in [7, 11) is -3.20. The topological polar surface area (TPSA) is 99.1 Å². The normalized spacial score (nSPS) is 18.1. The van der Waals surface area contributed by atoms with E-state index in [1.165, 1.54) is 6.92 Å². The summed E-state index contributed by atoms with van der Waals surface area (Å²) in [4.78, 5) is 4.06. The third kappa shape index (κ3) is 2.79. The zero-order valence-electron chi connectivity index (χ0n) is 9.84.